The first kappa shape index (κ1) is 33.7. The maximum absolute atomic E-state index is 11.9. The smallest absolute Gasteiger partial charge is 0.303 e. The van der Waals surface area contributed by atoms with Crippen molar-refractivity contribution in [2.75, 3.05) is 7.11 Å². The van der Waals surface area contributed by atoms with Crippen molar-refractivity contribution in [3.05, 3.63) is 52.1 Å². The molecule has 2 aromatic carbocycles. The summed E-state index contributed by atoms with van der Waals surface area (Å²) >= 11 is 0. The van der Waals surface area contributed by atoms with Crippen molar-refractivity contribution in [2.24, 2.45) is 0 Å². The number of carbonyl (C=O) groups is 1. The highest BCUT2D eigenvalue weighted by molar-refractivity contribution is 5.68. The molecular formula is C36H56O4. The summed E-state index contributed by atoms with van der Waals surface area (Å²) in [5.41, 5.74) is 4.76. The lowest BCUT2D eigenvalue weighted by molar-refractivity contribution is -0.137. The zero-order valence-corrected chi connectivity index (χ0v) is 27.9. The molecule has 0 amide bonds. The van der Waals surface area contributed by atoms with Crippen LogP contribution in [0.1, 0.15) is 149 Å². The first-order chi connectivity index (χ1) is 18.1. The van der Waals surface area contributed by atoms with Gasteiger partial charge in [-0.15, -0.1) is 0 Å². The normalized spacial score (nSPS) is 13.8. The lowest BCUT2D eigenvalue weighted by Crippen LogP contribution is -2.22. The van der Waals surface area contributed by atoms with Gasteiger partial charge in [-0.2, -0.15) is 0 Å². The standard InChI is InChI=1S/C36H56O4/c1-15-16-17-23(20-31(37)38)24-18-27(35(8,9)10)32(28(19-24)36(11,12)13)40-30-22-25(33(2,3)4)29(39-14)21-26(30)34(5,6)7/h18-19,21-23H,15-17,20H2,1-14H3,(H,37,38). The Morgan fingerprint density at radius 3 is 1.52 bits per heavy atom. The van der Waals surface area contributed by atoms with Crippen molar-refractivity contribution in [1.82, 2.24) is 0 Å². The predicted octanol–water partition coefficient (Wildman–Crippen LogP) is 10.4. The number of hydrogen-bond donors (Lipinski definition) is 1. The fourth-order valence-corrected chi connectivity index (χ4v) is 5.25. The van der Waals surface area contributed by atoms with E-state index in [0.29, 0.717) is 0 Å². The SMILES string of the molecule is CCCCC(CC(=O)O)c1cc(C(C)(C)C)c(Oc2cc(C(C)(C)C)c(OC)cc2C(C)(C)C)c(C(C)(C)C)c1. The molecule has 0 bridgehead atoms. The largest absolute Gasteiger partial charge is 0.496 e. The van der Waals surface area contributed by atoms with Crippen LogP contribution in [-0.4, -0.2) is 18.2 Å². The van der Waals surface area contributed by atoms with Crippen molar-refractivity contribution in [1.29, 1.82) is 0 Å². The van der Waals surface area contributed by atoms with E-state index in [9.17, 15) is 9.90 Å². The van der Waals surface area contributed by atoms with Gasteiger partial charge < -0.3 is 14.6 Å². The number of methoxy groups -OCH3 is 1. The van der Waals surface area contributed by atoms with E-state index in [1.807, 2.05) is 0 Å². The molecule has 2 aromatic rings. The Balaban J connectivity index is 2.97. The second-order valence-electron chi connectivity index (χ2n) is 15.5. The molecule has 4 heteroatoms. The molecule has 0 aliphatic heterocycles. The molecule has 1 atom stereocenters. The van der Waals surface area contributed by atoms with E-state index in [4.69, 9.17) is 9.47 Å². The minimum atomic E-state index is -0.751. The molecule has 2 rings (SSSR count). The molecule has 1 N–H and O–H groups in total. The number of aliphatic carboxylic acids is 1. The van der Waals surface area contributed by atoms with E-state index in [1.54, 1.807) is 7.11 Å². The van der Waals surface area contributed by atoms with E-state index in [1.165, 1.54) is 0 Å². The summed E-state index contributed by atoms with van der Waals surface area (Å²) in [4.78, 5) is 11.9. The van der Waals surface area contributed by atoms with Crippen LogP contribution in [0.5, 0.6) is 17.2 Å². The van der Waals surface area contributed by atoms with Gasteiger partial charge >= 0.3 is 5.97 Å². The summed E-state index contributed by atoms with van der Waals surface area (Å²) < 4.78 is 13.0. The van der Waals surface area contributed by atoms with Crippen LogP contribution in [0.15, 0.2) is 24.3 Å². The summed E-state index contributed by atoms with van der Waals surface area (Å²) in [6.45, 7) is 28.6. The number of rotatable bonds is 9. The van der Waals surface area contributed by atoms with E-state index in [2.05, 4.69) is 114 Å². The van der Waals surface area contributed by atoms with Crippen molar-refractivity contribution in [2.45, 2.75) is 143 Å². The Bertz CT molecular complexity index is 1140. The van der Waals surface area contributed by atoms with Crippen LogP contribution >= 0.6 is 0 Å². The van der Waals surface area contributed by atoms with E-state index >= 15 is 0 Å². The van der Waals surface area contributed by atoms with Gasteiger partial charge in [-0.3, -0.25) is 4.79 Å². The fraction of sp³-hybridized carbons (Fsp3) is 0.639. The Morgan fingerprint density at radius 2 is 1.15 bits per heavy atom. The molecule has 0 saturated heterocycles. The van der Waals surface area contributed by atoms with Crippen LogP contribution in [-0.2, 0) is 26.5 Å². The number of benzene rings is 2. The molecule has 0 radical (unpaired) electrons. The van der Waals surface area contributed by atoms with Crippen LogP contribution in [0.3, 0.4) is 0 Å². The summed E-state index contributed by atoms with van der Waals surface area (Å²) in [6.07, 6.45) is 3.04. The molecule has 0 aromatic heterocycles. The maximum Gasteiger partial charge on any atom is 0.303 e. The van der Waals surface area contributed by atoms with Crippen LogP contribution in [0.4, 0.5) is 0 Å². The molecule has 1 unspecified atom stereocenters. The first-order valence-corrected chi connectivity index (χ1v) is 14.9. The zero-order valence-electron chi connectivity index (χ0n) is 27.9. The second-order valence-corrected chi connectivity index (χ2v) is 15.5. The number of carboxylic acid groups (broad SMARTS) is 1. The van der Waals surface area contributed by atoms with Gasteiger partial charge in [-0.25, -0.2) is 0 Å². The van der Waals surface area contributed by atoms with Crippen molar-refractivity contribution in [3.8, 4) is 17.2 Å². The number of hydrogen-bond acceptors (Lipinski definition) is 3. The van der Waals surface area contributed by atoms with Gasteiger partial charge in [0.25, 0.3) is 0 Å². The Labute approximate surface area is 244 Å². The molecule has 0 fully saturated rings. The highest BCUT2D eigenvalue weighted by atomic mass is 16.5. The topological polar surface area (TPSA) is 55.8 Å². The van der Waals surface area contributed by atoms with Gasteiger partial charge in [0, 0.05) is 22.3 Å². The molecule has 0 heterocycles. The highest BCUT2D eigenvalue weighted by Gasteiger charge is 2.33. The fourth-order valence-electron chi connectivity index (χ4n) is 5.25. The number of carboxylic acids is 1. The Hall–Kier alpha value is -2.49. The van der Waals surface area contributed by atoms with E-state index in [0.717, 1.165) is 64.3 Å². The summed E-state index contributed by atoms with van der Waals surface area (Å²) in [5, 5.41) is 9.76. The summed E-state index contributed by atoms with van der Waals surface area (Å²) in [5.74, 6) is 1.81. The van der Waals surface area contributed by atoms with Gasteiger partial charge in [0.1, 0.15) is 17.2 Å². The molecule has 0 spiro atoms. The summed E-state index contributed by atoms with van der Waals surface area (Å²) in [7, 11) is 1.73. The molecule has 0 aliphatic carbocycles. The molecule has 224 valence electrons. The van der Waals surface area contributed by atoms with Crippen LogP contribution in [0.25, 0.3) is 0 Å². The minimum Gasteiger partial charge on any atom is -0.496 e. The third-order valence-electron chi connectivity index (χ3n) is 7.66. The van der Waals surface area contributed by atoms with Gasteiger partial charge in [-0.1, -0.05) is 115 Å². The average molecular weight is 553 g/mol. The maximum atomic E-state index is 11.9. The Kier molecular flexibility index (Phi) is 10.3. The highest BCUT2D eigenvalue weighted by Crippen LogP contribution is 2.48. The van der Waals surface area contributed by atoms with Crippen molar-refractivity contribution in [3.63, 3.8) is 0 Å². The summed E-state index contributed by atoms with van der Waals surface area (Å²) in [6, 6.07) is 8.75. The van der Waals surface area contributed by atoms with Crippen molar-refractivity contribution < 1.29 is 19.4 Å². The molecule has 0 aliphatic rings. The first-order valence-electron chi connectivity index (χ1n) is 14.9. The van der Waals surface area contributed by atoms with Gasteiger partial charge in [0.15, 0.2) is 0 Å². The Morgan fingerprint density at radius 1 is 0.725 bits per heavy atom. The van der Waals surface area contributed by atoms with Gasteiger partial charge in [-0.05, 0) is 51.7 Å². The molecule has 0 saturated carbocycles. The van der Waals surface area contributed by atoms with Crippen molar-refractivity contribution >= 4 is 5.97 Å². The lowest BCUT2D eigenvalue weighted by Gasteiger charge is -2.34. The van der Waals surface area contributed by atoms with E-state index in [-0.39, 0.29) is 34.0 Å². The molecule has 4 nitrogen and oxygen atoms in total. The third kappa shape index (κ3) is 8.27. The number of ether oxygens (including phenoxy) is 2. The quantitative estimate of drug-likeness (QED) is 0.336. The monoisotopic (exact) mass is 552 g/mol. The number of unbranched alkanes of at least 4 members (excludes halogenated alkanes) is 1. The third-order valence-corrected chi connectivity index (χ3v) is 7.66. The van der Waals surface area contributed by atoms with Crippen LogP contribution < -0.4 is 9.47 Å². The van der Waals surface area contributed by atoms with Crippen LogP contribution in [0.2, 0.25) is 0 Å². The second kappa shape index (κ2) is 12.2. The lowest BCUT2D eigenvalue weighted by atomic mass is 9.76. The van der Waals surface area contributed by atoms with Gasteiger partial charge in [0.2, 0.25) is 0 Å². The average Bonchev–Trinajstić information content (AvgIpc) is 2.78. The molecular weight excluding hydrogens is 496 g/mol. The minimum absolute atomic E-state index is 0.0349. The predicted molar refractivity (Wildman–Crippen MR) is 169 cm³/mol. The van der Waals surface area contributed by atoms with Crippen LogP contribution in [0, 0.1) is 0 Å². The van der Waals surface area contributed by atoms with E-state index < -0.39 is 5.97 Å². The zero-order chi connectivity index (χ0) is 30.8. The molecule has 40 heavy (non-hydrogen) atoms. The van der Waals surface area contributed by atoms with Gasteiger partial charge in [0.05, 0.1) is 13.5 Å².